The van der Waals surface area contributed by atoms with Gasteiger partial charge in [0.15, 0.2) is 0 Å². The molecule has 0 aliphatic heterocycles. The first-order chi connectivity index (χ1) is 6.91. The van der Waals surface area contributed by atoms with Crippen molar-refractivity contribution in [3.8, 4) is 0 Å². The molecule has 0 amide bonds. The average Bonchev–Trinajstić information content (AvgIpc) is 2.12. The molecule has 15 heavy (non-hydrogen) atoms. The summed E-state index contributed by atoms with van der Waals surface area (Å²) in [5.74, 6) is 0. The van der Waals surface area contributed by atoms with Gasteiger partial charge in [-0.05, 0) is 25.8 Å². The van der Waals surface area contributed by atoms with Gasteiger partial charge in [-0.25, -0.2) is 0 Å². The Labute approximate surface area is 95.7 Å². The number of nitrogens with zero attached hydrogens (tertiary/aromatic N) is 1. The highest BCUT2D eigenvalue weighted by molar-refractivity contribution is 5.99. The van der Waals surface area contributed by atoms with Gasteiger partial charge < -0.3 is 0 Å². The second-order valence-corrected chi connectivity index (χ2v) is 5.31. The lowest BCUT2D eigenvalue weighted by molar-refractivity contribution is 0.592. The smallest absolute Gasteiger partial charge is 0.0397 e. The van der Waals surface area contributed by atoms with Gasteiger partial charge in [0.2, 0.25) is 0 Å². The van der Waals surface area contributed by atoms with E-state index >= 15 is 0 Å². The van der Waals surface area contributed by atoms with Crippen molar-refractivity contribution in [3.05, 3.63) is 11.6 Å². The van der Waals surface area contributed by atoms with Crippen LogP contribution in [0.25, 0.3) is 0 Å². The van der Waals surface area contributed by atoms with Gasteiger partial charge >= 0.3 is 0 Å². The zero-order chi connectivity index (χ0) is 11.9. The van der Waals surface area contributed by atoms with Crippen LogP contribution in [0.2, 0.25) is 0 Å². The fraction of sp³-hybridized carbons (Fsp3) is 0.786. The highest BCUT2D eigenvalue weighted by Gasteiger charge is 2.15. The molecule has 0 radical (unpaired) electrons. The molecule has 0 unspecified atom stereocenters. The lowest BCUT2D eigenvalue weighted by Crippen LogP contribution is -2.18. The molecule has 0 aliphatic carbocycles. The van der Waals surface area contributed by atoms with Gasteiger partial charge in [0, 0.05) is 18.2 Å². The van der Waals surface area contributed by atoms with E-state index in [1.54, 1.807) is 0 Å². The van der Waals surface area contributed by atoms with Crippen LogP contribution in [0.4, 0.5) is 0 Å². The fourth-order valence-corrected chi connectivity index (χ4v) is 1.58. The zero-order valence-corrected chi connectivity index (χ0v) is 11.4. The molecule has 0 bridgehead atoms. The molecule has 1 heteroatoms. The van der Waals surface area contributed by atoms with Gasteiger partial charge in [-0.3, -0.25) is 4.99 Å². The summed E-state index contributed by atoms with van der Waals surface area (Å²) in [6.45, 7) is 11.1. The Kier molecular flexibility index (Phi) is 6.55. The molecule has 0 aliphatic rings. The van der Waals surface area contributed by atoms with Crippen molar-refractivity contribution in [1.82, 2.24) is 0 Å². The summed E-state index contributed by atoms with van der Waals surface area (Å²) in [4.78, 5) is 4.37. The first-order valence-electron chi connectivity index (χ1n) is 6.06. The molecular formula is C14H27N. The predicted molar refractivity (Wildman–Crippen MR) is 70.7 cm³/mol. The normalized spacial score (nSPS) is 14.5. The van der Waals surface area contributed by atoms with Crippen LogP contribution < -0.4 is 0 Å². The van der Waals surface area contributed by atoms with Crippen LogP contribution in [0, 0.1) is 5.41 Å². The third-order valence-corrected chi connectivity index (χ3v) is 2.57. The summed E-state index contributed by atoms with van der Waals surface area (Å²) in [7, 11) is 1.89. The van der Waals surface area contributed by atoms with Crippen molar-refractivity contribution in [2.45, 2.75) is 60.3 Å². The molecule has 0 aromatic rings. The highest BCUT2D eigenvalue weighted by Crippen LogP contribution is 2.19. The summed E-state index contributed by atoms with van der Waals surface area (Å²) in [6.07, 6.45) is 7.40. The number of rotatable bonds is 5. The summed E-state index contributed by atoms with van der Waals surface area (Å²) < 4.78 is 0. The van der Waals surface area contributed by atoms with Crippen LogP contribution in [-0.4, -0.2) is 12.8 Å². The largest absolute Gasteiger partial charge is 0.293 e. The minimum atomic E-state index is 0.167. The van der Waals surface area contributed by atoms with E-state index in [-0.39, 0.29) is 5.41 Å². The maximum absolute atomic E-state index is 4.37. The maximum Gasteiger partial charge on any atom is 0.0397 e. The summed E-state index contributed by atoms with van der Waals surface area (Å²) in [5.41, 5.74) is 2.83. The molecule has 0 rings (SSSR count). The van der Waals surface area contributed by atoms with E-state index in [0.29, 0.717) is 0 Å². The van der Waals surface area contributed by atoms with Crippen molar-refractivity contribution in [3.63, 3.8) is 0 Å². The second kappa shape index (κ2) is 6.81. The molecular weight excluding hydrogens is 182 g/mol. The predicted octanol–water partition coefficient (Wildman–Crippen LogP) is 4.63. The van der Waals surface area contributed by atoms with Crippen LogP contribution in [0.5, 0.6) is 0 Å². The van der Waals surface area contributed by atoms with Crippen LogP contribution >= 0.6 is 0 Å². The average molecular weight is 209 g/mol. The van der Waals surface area contributed by atoms with Crippen LogP contribution in [-0.2, 0) is 0 Å². The van der Waals surface area contributed by atoms with Crippen LogP contribution in [0.3, 0.4) is 0 Å². The van der Waals surface area contributed by atoms with Crippen molar-refractivity contribution in [2.24, 2.45) is 10.4 Å². The van der Waals surface area contributed by atoms with Crippen molar-refractivity contribution < 1.29 is 0 Å². The Morgan fingerprint density at radius 2 is 1.80 bits per heavy atom. The summed E-state index contributed by atoms with van der Waals surface area (Å²) in [5, 5.41) is 0. The van der Waals surface area contributed by atoms with Crippen molar-refractivity contribution in [2.75, 3.05) is 7.05 Å². The monoisotopic (exact) mass is 209 g/mol. The minimum Gasteiger partial charge on any atom is -0.293 e. The SMILES string of the molecule is CCCCC/C(C)=C/C(=N\C)C(C)(C)C. The van der Waals surface area contributed by atoms with Crippen LogP contribution in [0.15, 0.2) is 16.6 Å². The van der Waals surface area contributed by atoms with E-state index in [4.69, 9.17) is 0 Å². The number of unbranched alkanes of at least 4 members (excludes halogenated alkanes) is 2. The molecule has 0 N–H and O–H groups in total. The van der Waals surface area contributed by atoms with Crippen LogP contribution in [0.1, 0.15) is 60.3 Å². The topological polar surface area (TPSA) is 12.4 Å². The van der Waals surface area contributed by atoms with Gasteiger partial charge in [-0.15, -0.1) is 0 Å². The Balaban J connectivity index is 4.32. The minimum absolute atomic E-state index is 0.167. The van der Waals surface area contributed by atoms with Gasteiger partial charge in [0.05, 0.1) is 0 Å². The van der Waals surface area contributed by atoms with Gasteiger partial charge in [0.1, 0.15) is 0 Å². The van der Waals surface area contributed by atoms with E-state index in [1.165, 1.54) is 37.0 Å². The number of allylic oxidation sites excluding steroid dienone is 2. The van der Waals surface area contributed by atoms with E-state index in [2.05, 4.69) is 45.7 Å². The molecule has 0 aromatic heterocycles. The fourth-order valence-electron chi connectivity index (χ4n) is 1.58. The quantitative estimate of drug-likeness (QED) is 0.462. The standard InChI is InChI=1S/C14H27N/c1-7-8-9-10-12(2)11-13(15-6)14(3,4)5/h11H,7-10H2,1-6H3/b12-11+,15-13+. The van der Waals surface area contributed by atoms with Gasteiger partial charge in [0.25, 0.3) is 0 Å². The molecule has 0 heterocycles. The molecule has 0 saturated carbocycles. The first kappa shape index (κ1) is 14.4. The molecule has 0 aromatic carbocycles. The number of aliphatic imine (C=N–C) groups is 1. The Hall–Kier alpha value is -0.590. The Bertz CT molecular complexity index is 228. The Morgan fingerprint density at radius 1 is 1.20 bits per heavy atom. The van der Waals surface area contributed by atoms with Gasteiger partial charge in [-0.2, -0.15) is 0 Å². The van der Waals surface area contributed by atoms with Crippen molar-refractivity contribution in [1.29, 1.82) is 0 Å². The highest BCUT2D eigenvalue weighted by atomic mass is 14.7. The van der Waals surface area contributed by atoms with Gasteiger partial charge in [-0.1, -0.05) is 46.1 Å². The maximum atomic E-state index is 4.37. The third kappa shape index (κ3) is 6.48. The number of hydrogen-bond acceptors (Lipinski definition) is 1. The molecule has 0 saturated heterocycles. The zero-order valence-electron chi connectivity index (χ0n) is 11.4. The number of hydrogen-bond donors (Lipinski definition) is 0. The molecule has 0 atom stereocenters. The third-order valence-electron chi connectivity index (χ3n) is 2.57. The van der Waals surface area contributed by atoms with E-state index < -0.39 is 0 Å². The van der Waals surface area contributed by atoms with Crippen molar-refractivity contribution >= 4 is 5.71 Å². The lowest BCUT2D eigenvalue weighted by Gasteiger charge is -2.19. The Morgan fingerprint density at radius 3 is 2.20 bits per heavy atom. The molecule has 0 spiro atoms. The van der Waals surface area contributed by atoms with E-state index in [1.807, 2.05) is 7.05 Å². The second-order valence-electron chi connectivity index (χ2n) is 5.31. The molecule has 0 fully saturated rings. The lowest BCUT2D eigenvalue weighted by atomic mass is 9.88. The molecule has 1 nitrogen and oxygen atoms in total. The first-order valence-corrected chi connectivity index (χ1v) is 6.06. The molecule has 88 valence electrons. The summed E-state index contributed by atoms with van der Waals surface area (Å²) in [6, 6.07) is 0. The van der Waals surface area contributed by atoms with E-state index in [0.717, 1.165) is 0 Å². The van der Waals surface area contributed by atoms with E-state index in [9.17, 15) is 0 Å². The summed E-state index contributed by atoms with van der Waals surface area (Å²) >= 11 is 0.